The van der Waals surface area contributed by atoms with Gasteiger partial charge in [0.25, 0.3) is 0 Å². The zero-order valence-corrected chi connectivity index (χ0v) is 12.1. The molecule has 0 heterocycles. The summed E-state index contributed by atoms with van der Waals surface area (Å²) >= 11 is 0. The van der Waals surface area contributed by atoms with Gasteiger partial charge in [-0.05, 0) is 44.5 Å². The van der Waals surface area contributed by atoms with Crippen molar-refractivity contribution >= 4 is 0 Å². The van der Waals surface area contributed by atoms with Crippen molar-refractivity contribution in [2.75, 3.05) is 32.9 Å². The van der Waals surface area contributed by atoms with Crippen LogP contribution in [0.3, 0.4) is 0 Å². The SMILES string of the molecule is CCCCOCCCNCCCOc1ccccc1. The van der Waals surface area contributed by atoms with Crippen LogP contribution >= 0.6 is 0 Å². The van der Waals surface area contributed by atoms with E-state index in [1.165, 1.54) is 12.8 Å². The Labute approximate surface area is 117 Å². The summed E-state index contributed by atoms with van der Waals surface area (Å²) in [6.07, 6.45) is 4.50. The third-order valence-corrected chi connectivity index (χ3v) is 2.79. The van der Waals surface area contributed by atoms with Gasteiger partial charge in [0, 0.05) is 13.2 Å². The number of unbranched alkanes of at least 4 members (excludes halogenated alkanes) is 1. The molecule has 1 N–H and O–H groups in total. The molecule has 0 saturated carbocycles. The first-order valence-electron chi connectivity index (χ1n) is 7.40. The Morgan fingerprint density at radius 3 is 2.32 bits per heavy atom. The van der Waals surface area contributed by atoms with E-state index in [9.17, 15) is 0 Å². The Hall–Kier alpha value is -1.06. The van der Waals surface area contributed by atoms with Crippen molar-refractivity contribution in [3.05, 3.63) is 30.3 Å². The molecule has 0 fully saturated rings. The lowest BCUT2D eigenvalue weighted by Gasteiger charge is -2.07. The number of nitrogens with one attached hydrogen (secondary N) is 1. The number of rotatable bonds is 12. The number of benzene rings is 1. The van der Waals surface area contributed by atoms with Crippen molar-refractivity contribution in [1.82, 2.24) is 5.32 Å². The fourth-order valence-corrected chi connectivity index (χ4v) is 1.68. The first-order valence-corrected chi connectivity index (χ1v) is 7.40. The predicted octanol–water partition coefficient (Wildman–Crippen LogP) is 3.25. The van der Waals surface area contributed by atoms with Crippen molar-refractivity contribution in [2.24, 2.45) is 0 Å². The largest absolute Gasteiger partial charge is 0.494 e. The summed E-state index contributed by atoms with van der Waals surface area (Å²) in [7, 11) is 0. The van der Waals surface area contributed by atoms with Crippen LogP contribution in [0.1, 0.15) is 32.6 Å². The molecule has 0 aliphatic rings. The molecule has 3 heteroatoms. The molecule has 0 spiro atoms. The first-order chi connectivity index (χ1) is 9.43. The van der Waals surface area contributed by atoms with Gasteiger partial charge >= 0.3 is 0 Å². The standard InChI is InChI=1S/C16H27NO2/c1-2-3-13-18-14-7-11-17-12-8-15-19-16-9-5-4-6-10-16/h4-6,9-10,17H,2-3,7-8,11-15H2,1H3. The fourth-order valence-electron chi connectivity index (χ4n) is 1.68. The highest BCUT2D eigenvalue weighted by atomic mass is 16.5. The molecule has 1 aromatic rings. The van der Waals surface area contributed by atoms with Crippen molar-refractivity contribution in [2.45, 2.75) is 32.6 Å². The fraction of sp³-hybridized carbons (Fsp3) is 0.625. The Morgan fingerprint density at radius 1 is 0.895 bits per heavy atom. The molecule has 1 rings (SSSR count). The molecule has 0 aromatic heterocycles. The van der Waals surface area contributed by atoms with E-state index in [1.807, 2.05) is 30.3 Å². The van der Waals surface area contributed by atoms with Crippen molar-refractivity contribution in [3.8, 4) is 5.75 Å². The maximum atomic E-state index is 5.61. The van der Waals surface area contributed by atoms with Crippen LogP contribution in [0.5, 0.6) is 5.75 Å². The second kappa shape index (κ2) is 12.0. The third-order valence-electron chi connectivity index (χ3n) is 2.79. The van der Waals surface area contributed by atoms with Crippen LogP contribution in [0.4, 0.5) is 0 Å². The lowest BCUT2D eigenvalue weighted by Crippen LogP contribution is -2.20. The molecule has 108 valence electrons. The van der Waals surface area contributed by atoms with Crippen molar-refractivity contribution < 1.29 is 9.47 Å². The summed E-state index contributed by atoms with van der Waals surface area (Å²) in [5.74, 6) is 0.951. The minimum atomic E-state index is 0.768. The Morgan fingerprint density at radius 2 is 1.58 bits per heavy atom. The molecule has 0 aliphatic carbocycles. The van der Waals surface area contributed by atoms with E-state index >= 15 is 0 Å². The minimum absolute atomic E-state index is 0.768. The van der Waals surface area contributed by atoms with E-state index in [2.05, 4.69) is 12.2 Å². The van der Waals surface area contributed by atoms with Gasteiger partial charge in [-0.3, -0.25) is 0 Å². The summed E-state index contributed by atoms with van der Waals surface area (Å²) < 4.78 is 11.1. The van der Waals surface area contributed by atoms with Gasteiger partial charge < -0.3 is 14.8 Å². The molecule has 19 heavy (non-hydrogen) atoms. The summed E-state index contributed by atoms with van der Waals surface area (Å²) in [5, 5.41) is 3.40. The predicted molar refractivity (Wildman–Crippen MR) is 79.8 cm³/mol. The zero-order chi connectivity index (χ0) is 13.6. The van der Waals surface area contributed by atoms with Crippen LogP contribution < -0.4 is 10.1 Å². The monoisotopic (exact) mass is 265 g/mol. The summed E-state index contributed by atoms with van der Waals surface area (Å²) in [5.41, 5.74) is 0. The van der Waals surface area contributed by atoms with Gasteiger partial charge in [0.2, 0.25) is 0 Å². The van der Waals surface area contributed by atoms with E-state index in [1.54, 1.807) is 0 Å². The molecule has 3 nitrogen and oxygen atoms in total. The van der Waals surface area contributed by atoms with Gasteiger partial charge in [-0.1, -0.05) is 31.5 Å². The molecule has 0 unspecified atom stereocenters. The summed E-state index contributed by atoms with van der Waals surface area (Å²) in [4.78, 5) is 0. The topological polar surface area (TPSA) is 30.5 Å². The highest BCUT2D eigenvalue weighted by molar-refractivity contribution is 5.20. The summed E-state index contributed by atoms with van der Waals surface area (Å²) in [6.45, 7) is 6.75. The number of hydrogen-bond acceptors (Lipinski definition) is 3. The molecule has 0 atom stereocenters. The first kappa shape index (κ1) is 16.0. The van der Waals surface area contributed by atoms with E-state index in [4.69, 9.17) is 9.47 Å². The normalized spacial score (nSPS) is 10.6. The van der Waals surface area contributed by atoms with E-state index in [0.29, 0.717) is 0 Å². The average Bonchev–Trinajstić information content (AvgIpc) is 2.46. The quantitative estimate of drug-likeness (QED) is 0.588. The van der Waals surface area contributed by atoms with Crippen LogP contribution in [-0.4, -0.2) is 32.9 Å². The Balaban J connectivity index is 1.79. The van der Waals surface area contributed by atoms with E-state index in [0.717, 1.165) is 51.5 Å². The smallest absolute Gasteiger partial charge is 0.119 e. The maximum absolute atomic E-state index is 5.61. The summed E-state index contributed by atoms with van der Waals surface area (Å²) in [6, 6.07) is 9.96. The van der Waals surface area contributed by atoms with E-state index < -0.39 is 0 Å². The maximum Gasteiger partial charge on any atom is 0.119 e. The van der Waals surface area contributed by atoms with Gasteiger partial charge in [0.1, 0.15) is 5.75 Å². The van der Waals surface area contributed by atoms with Gasteiger partial charge in [-0.15, -0.1) is 0 Å². The van der Waals surface area contributed by atoms with Gasteiger partial charge in [-0.2, -0.15) is 0 Å². The molecular weight excluding hydrogens is 238 g/mol. The molecule has 0 bridgehead atoms. The third kappa shape index (κ3) is 9.51. The van der Waals surface area contributed by atoms with Gasteiger partial charge in [0.05, 0.1) is 6.61 Å². The number of ether oxygens (including phenoxy) is 2. The van der Waals surface area contributed by atoms with E-state index in [-0.39, 0.29) is 0 Å². The molecule has 0 aliphatic heterocycles. The lowest BCUT2D eigenvalue weighted by atomic mass is 10.3. The Bertz CT molecular complexity index is 290. The zero-order valence-electron chi connectivity index (χ0n) is 12.1. The van der Waals surface area contributed by atoms with Crippen LogP contribution in [-0.2, 0) is 4.74 Å². The average molecular weight is 265 g/mol. The second-order valence-corrected chi connectivity index (χ2v) is 4.58. The Kier molecular flexibility index (Phi) is 10.1. The van der Waals surface area contributed by atoms with Gasteiger partial charge in [0.15, 0.2) is 0 Å². The van der Waals surface area contributed by atoms with Crippen LogP contribution in [0.2, 0.25) is 0 Å². The molecular formula is C16H27NO2. The number of hydrogen-bond donors (Lipinski definition) is 1. The van der Waals surface area contributed by atoms with Gasteiger partial charge in [-0.25, -0.2) is 0 Å². The lowest BCUT2D eigenvalue weighted by molar-refractivity contribution is 0.128. The highest BCUT2D eigenvalue weighted by Crippen LogP contribution is 2.07. The second-order valence-electron chi connectivity index (χ2n) is 4.58. The minimum Gasteiger partial charge on any atom is -0.494 e. The van der Waals surface area contributed by atoms with Crippen LogP contribution in [0.15, 0.2) is 30.3 Å². The van der Waals surface area contributed by atoms with Crippen LogP contribution in [0.25, 0.3) is 0 Å². The van der Waals surface area contributed by atoms with Crippen molar-refractivity contribution in [3.63, 3.8) is 0 Å². The molecule has 0 saturated heterocycles. The van der Waals surface area contributed by atoms with Crippen molar-refractivity contribution in [1.29, 1.82) is 0 Å². The molecule has 0 amide bonds. The highest BCUT2D eigenvalue weighted by Gasteiger charge is 1.93. The molecule has 0 radical (unpaired) electrons. The van der Waals surface area contributed by atoms with Crippen LogP contribution in [0, 0.1) is 0 Å². The number of para-hydroxylation sites is 1. The molecule has 1 aromatic carbocycles.